The topological polar surface area (TPSA) is 96.3 Å². The number of aromatic nitrogens is 2. The van der Waals surface area contributed by atoms with Crippen molar-refractivity contribution in [1.82, 2.24) is 19.8 Å². The quantitative estimate of drug-likeness (QED) is 0.654. The fourth-order valence-electron chi connectivity index (χ4n) is 3.03. The van der Waals surface area contributed by atoms with Gasteiger partial charge in [-0.1, -0.05) is 24.3 Å². The second-order valence-corrected chi connectivity index (χ2v) is 7.27. The number of anilines is 1. The van der Waals surface area contributed by atoms with Crippen LogP contribution in [0.15, 0.2) is 53.6 Å². The van der Waals surface area contributed by atoms with Crippen molar-refractivity contribution in [1.29, 1.82) is 0 Å². The van der Waals surface area contributed by atoms with Crippen molar-refractivity contribution in [2.75, 3.05) is 26.0 Å². The molecule has 0 aliphatic rings. The highest BCUT2D eigenvalue weighted by molar-refractivity contribution is 5.90. The predicted octanol–water partition coefficient (Wildman–Crippen LogP) is 2.16. The van der Waals surface area contributed by atoms with Gasteiger partial charge in [0.2, 0.25) is 5.91 Å². The van der Waals surface area contributed by atoms with Crippen molar-refractivity contribution in [3.8, 4) is 0 Å². The number of rotatable bonds is 6. The molecule has 0 saturated heterocycles. The van der Waals surface area contributed by atoms with Crippen LogP contribution < -0.4 is 16.2 Å². The van der Waals surface area contributed by atoms with Crippen molar-refractivity contribution >= 4 is 28.5 Å². The Morgan fingerprint density at radius 2 is 1.83 bits per heavy atom. The summed E-state index contributed by atoms with van der Waals surface area (Å²) in [5.41, 5.74) is 3.00. The number of urea groups is 1. The normalized spacial score (nSPS) is 10.6. The lowest BCUT2D eigenvalue weighted by Crippen LogP contribution is -2.35. The average molecular weight is 407 g/mol. The molecule has 30 heavy (non-hydrogen) atoms. The molecule has 0 spiro atoms. The Balaban J connectivity index is 1.59. The maximum Gasteiger partial charge on any atom is 0.316 e. The number of nitrogens with one attached hydrogen (secondary N) is 2. The molecule has 0 atom stereocenters. The zero-order valence-corrected chi connectivity index (χ0v) is 17.3. The number of para-hydroxylation sites is 1. The summed E-state index contributed by atoms with van der Waals surface area (Å²) in [6.45, 7) is 2.31. The molecule has 2 aromatic carbocycles. The van der Waals surface area contributed by atoms with Crippen LogP contribution in [-0.2, 0) is 17.8 Å². The summed E-state index contributed by atoms with van der Waals surface area (Å²) in [5, 5.41) is 6.09. The monoisotopic (exact) mass is 407 g/mol. The third-order valence-corrected chi connectivity index (χ3v) is 4.70. The molecule has 0 fully saturated rings. The van der Waals surface area contributed by atoms with Crippen molar-refractivity contribution in [2.45, 2.75) is 19.9 Å². The van der Waals surface area contributed by atoms with Crippen molar-refractivity contribution in [3.05, 3.63) is 70.3 Å². The van der Waals surface area contributed by atoms with Gasteiger partial charge in [0.15, 0.2) is 0 Å². The summed E-state index contributed by atoms with van der Waals surface area (Å²) in [6.07, 6.45) is 2.09. The van der Waals surface area contributed by atoms with E-state index in [0.29, 0.717) is 29.6 Å². The van der Waals surface area contributed by atoms with Gasteiger partial charge in [-0.3, -0.25) is 14.2 Å². The molecule has 3 aromatic rings. The second kappa shape index (κ2) is 9.21. The Bertz CT molecular complexity index is 1120. The Hall–Kier alpha value is -3.68. The molecule has 0 radical (unpaired) electrons. The number of aryl methyl sites for hydroxylation is 1. The third-order valence-electron chi connectivity index (χ3n) is 4.70. The Kier molecular flexibility index (Phi) is 6.46. The van der Waals surface area contributed by atoms with Crippen LogP contribution in [0.5, 0.6) is 0 Å². The van der Waals surface area contributed by atoms with E-state index in [4.69, 9.17) is 0 Å². The SMILES string of the molecule is Cc1cccc2c(=O)n(CC(=O)Nc3ccc(CCNC(=O)N(C)C)cc3)cnc12. The van der Waals surface area contributed by atoms with Crippen LogP contribution in [0.2, 0.25) is 0 Å². The van der Waals surface area contributed by atoms with E-state index in [1.165, 1.54) is 15.8 Å². The fourth-order valence-corrected chi connectivity index (χ4v) is 3.03. The molecular formula is C22H25N5O3. The minimum Gasteiger partial charge on any atom is -0.338 e. The first kappa shape index (κ1) is 21.0. The number of carbonyl (C=O) groups is 2. The van der Waals surface area contributed by atoms with Gasteiger partial charge in [-0.25, -0.2) is 9.78 Å². The summed E-state index contributed by atoms with van der Waals surface area (Å²) in [7, 11) is 3.38. The summed E-state index contributed by atoms with van der Waals surface area (Å²) in [5.74, 6) is -0.308. The molecule has 3 rings (SSSR count). The Morgan fingerprint density at radius 1 is 1.10 bits per heavy atom. The number of carbonyl (C=O) groups excluding carboxylic acids is 2. The van der Waals surface area contributed by atoms with Crippen molar-refractivity contribution < 1.29 is 9.59 Å². The average Bonchev–Trinajstić information content (AvgIpc) is 2.71. The molecule has 8 heteroatoms. The van der Waals surface area contributed by atoms with Gasteiger partial charge in [-0.05, 0) is 42.7 Å². The van der Waals surface area contributed by atoms with Gasteiger partial charge in [0.1, 0.15) is 6.54 Å². The molecule has 0 unspecified atom stereocenters. The van der Waals surface area contributed by atoms with Crippen LogP contribution in [0.3, 0.4) is 0 Å². The number of hydrogen-bond donors (Lipinski definition) is 2. The molecule has 0 aliphatic heterocycles. The number of hydrogen-bond acceptors (Lipinski definition) is 4. The van der Waals surface area contributed by atoms with Gasteiger partial charge < -0.3 is 15.5 Å². The largest absolute Gasteiger partial charge is 0.338 e. The van der Waals surface area contributed by atoms with Crippen LogP contribution in [0.25, 0.3) is 10.9 Å². The molecule has 156 valence electrons. The standard InChI is InChI=1S/C22H25N5O3/c1-15-5-4-6-18-20(15)24-14-27(21(18)29)13-19(28)25-17-9-7-16(8-10-17)11-12-23-22(30)26(2)3/h4-10,14H,11-13H2,1-3H3,(H,23,30)(H,25,28). The Morgan fingerprint density at radius 3 is 2.53 bits per heavy atom. The first-order valence-corrected chi connectivity index (χ1v) is 9.64. The number of amides is 3. The molecule has 0 bridgehead atoms. The van der Waals surface area contributed by atoms with Crippen molar-refractivity contribution in [2.24, 2.45) is 0 Å². The van der Waals surface area contributed by atoms with E-state index >= 15 is 0 Å². The van der Waals surface area contributed by atoms with Crippen molar-refractivity contribution in [3.63, 3.8) is 0 Å². The first-order chi connectivity index (χ1) is 14.3. The van der Waals surface area contributed by atoms with Crippen LogP contribution in [0.4, 0.5) is 10.5 Å². The molecule has 3 amide bonds. The first-order valence-electron chi connectivity index (χ1n) is 9.64. The van der Waals surface area contributed by atoms with Gasteiger partial charge in [0.25, 0.3) is 5.56 Å². The molecule has 2 N–H and O–H groups in total. The summed E-state index contributed by atoms with van der Waals surface area (Å²) in [6, 6.07) is 12.7. The highest BCUT2D eigenvalue weighted by Crippen LogP contribution is 2.12. The predicted molar refractivity (Wildman–Crippen MR) is 117 cm³/mol. The molecule has 8 nitrogen and oxygen atoms in total. The van der Waals surface area contributed by atoms with Gasteiger partial charge in [0.05, 0.1) is 17.2 Å². The van der Waals surface area contributed by atoms with Crippen LogP contribution in [0.1, 0.15) is 11.1 Å². The van der Waals surface area contributed by atoms with Crippen LogP contribution >= 0.6 is 0 Å². The summed E-state index contributed by atoms with van der Waals surface area (Å²) >= 11 is 0. The lowest BCUT2D eigenvalue weighted by Gasteiger charge is -2.12. The maximum absolute atomic E-state index is 12.6. The number of nitrogens with zero attached hydrogens (tertiary/aromatic N) is 3. The minimum absolute atomic E-state index is 0.117. The molecular weight excluding hydrogens is 382 g/mol. The van der Waals surface area contributed by atoms with E-state index in [1.807, 2.05) is 25.1 Å². The van der Waals surface area contributed by atoms with Gasteiger partial charge >= 0.3 is 6.03 Å². The molecule has 1 heterocycles. The highest BCUT2D eigenvalue weighted by Gasteiger charge is 2.10. The summed E-state index contributed by atoms with van der Waals surface area (Å²) < 4.78 is 1.30. The highest BCUT2D eigenvalue weighted by atomic mass is 16.2. The zero-order valence-electron chi connectivity index (χ0n) is 17.3. The van der Waals surface area contributed by atoms with E-state index in [2.05, 4.69) is 15.6 Å². The molecule has 0 saturated carbocycles. The molecule has 0 aliphatic carbocycles. The van der Waals surface area contributed by atoms with Gasteiger partial charge in [0, 0.05) is 26.3 Å². The van der Waals surface area contributed by atoms with E-state index in [1.54, 1.807) is 38.4 Å². The Labute approximate surface area is 174 Å². The maximum atomic E-state index is 12.6. The van der Waals surface area contributed by atoms with E-state index < -0.39 is 0 Å². The summed E-state index contributed by atoms with van der Waals surface area (Å²) in [4.78, 5) is 42.3. The van der Waals surface area contributed by atoms with Gasteiger partial charge in [-0.15, -0.1) is 0 Å². The lowest BCUT2D eigenvalue weighted by molar-refractivity contribution is -0.116. The van der Waals surface area contributed by atoms with Gasteiger partial charge in [-0.2, -0.15) is 0 Å². The van der Waals surface area contributed by atoms with E-state index in [9.17, 15) is 14.4 Å². The van der Waals surface area contributed by atoms with E-state index in [0.717, 1.165) is 11.1 Å². The third kappa shape index (κ3) is 5.02. The smallest absolute Gasteiger partial charge is 0.316 e. The fraction of sp³-hybridized carbons (Fsp3) is 0.273. The molecule has 1 aromatic heterocycles. The zero-order chi connectivity index (χ0) is 21.7. The number of benzene rings is 2. The lowest BCUT2D eigenvalue weighted by atomic mass is 10.1. The van der Waals surface area contributed by atoms with Crippen LogP contribution in [0, 0.1) is 6.92 Å². The number of fused-ring (bicyclic) bond motifs is 1. The minimum atomic E-state index is -0.308. The van der Waals surface area contributed by atoms with Crippen LogP contribution in [-0.4, -0.2) is 47.0 Å². The second-order valence-electron chi connectivity index (χ2n) is 7.27. The van der Waals surface area contributed by atoms with E-state index in [-0.39, 0.29) is 24.0 Å².